The van der Waals surface area contributed by atoms with Crippen molar-refractivity contribution in [3.05, 3.63) is 81.6 Å². The van der Waals surface area contributed by atoms with E-state index in [2.05, 4.69) is 10.3 Å². The Morgan fingerprint density at radius 3 is 2.63 bits per heavy atom. The number of hydrogen-bond acceptors (Lipinski definition) is 4. The van der Waals surface area contributed by atoms with Gasteiger partial charge >= 0.3 is 6.18 Å². The molecular weight excluding hydrogens is 420 g/mol. The summed E-state index contributed by atoms with van der Waals surface area (Å²) in [6, 6.07) is 9.87. The molecule has 1 aromatic heterocycles. The van der Waals surface area contributed by atoms with Crippen molar-refractivity contribution < 1.29 is 27.1 Å². The van der Waals surface area contributed by atoms with Crippen LogP contribution in [0, 0.1) is 5.82 Å². The number of ether oxygens (including phenoxy) is 1. The molecule has 0 aliphatic rings. The molecule has 0 bridgehead atoms. The number of alkyl halides is 3. The lowest BCUT2D eigenvalue weighted by atomic mass is 10.0. The number of amides is 1. The van der Waals surface area contributed by atoms with Crippen LogP contribution in [0.4, 0.5) is 17.6 Å². The molecule has 0 saturated carbocycles. The van der Waals surface area contributed by atoms with E-state index < -0.39 is 17.8 Å². The predicted molar refractivity (Wildman–Crippen MR) is 105 cm³/mol. The number of hydrogen-bond donors (Lipinski definition) is 1. The first kappa shape index (κ1) is 21.8. The van der Waals surface area contributed by atoms with Crippen LogP contribution in [0.25, 0.3) is 0 Å². The van der Waals surface area contributed by atoms with E-state index >= 15 is 0 Å². The Labute approximate surface area is 174 Å². The standard InChI is InChI=1S/C21H18F4N2O2S/c1-13(14-3-2-4-15(9-14)21(23,24)25)26-19(28)10-17-12-30-20(27-17)11-29-18-7-5-16(22)6-8-18/h2-9,12-13H,10-11H2,1H3,(H,26,28). The Hall–Kier alpha value is -2.94. The van der Waals surface area contributed by atoms with E-state index in [1.807, 2.05) is 0 Å². The molecule has 0 radical (unpaired) electrons. The van der Waals surface area contributed by atoms with Crippen LogP contribution >= 0.6 is 11.3 Å². The maximum absolute atomic E-state index is 12.9. The van der Waals surface area contributed by atoms with Crippen molar-refractivity contribution in [1.29, 1.82) is 0 Å². The third kappa shape index (κ3) is 6.03. The first-order valence-corrected chi connectivity index (χ1v) is 9.87. The van der Waals surface area contributed by atoms with E-state index in [0.29, 0.717) is 22.0 Å². The fourth-order valence-electron chi connectivity index (χ4n) is 2.70. The summed E-state index contributed by atoms with van der Waals surface area (Å²) in [5, 5.41) is 5.05. The van der Waals surface area contributed by atoms with Gasteiger partial charge in [0.05, 0.1) is 23.7 Å². The van der Waals surface area contributed by atoms with Gasteiger partial charge in [-0.15, -0.1) is 11.3 Å². The molecule has 1 amide bonds. The molecule has 30 heavy (non-hydrogen) atoms. The van der Waals surface area contributed by atoms with Crippen molar-refractivity contribution in [2.75, 3.05) is 0 Å². The van der Waals surface area contributed by atoms with Crippen LogP contribution in [0.15, 0.2) is 53.9 Å². The first-order chi connectivity index (χ1) is 14.2. The van der Waals surface area contributed by atoms with Gasteiger partial charge in [-0.05, 0) is 48.9 Å². The molecule has 1 N–H and O–H groups in total. The average molecular weight is 438 g/mol. The molecule has 0 saturated heterocycles. The van der Waals surface area contributed by atoms with Crippen LogP contribution in [-0.2, 0) is 24.0 Å². The minimum atomic E-state index is -4.44. The highest BCUT2D eigenvalue weighted by molar-refractivity contribution is 7.09. The molecule has 4 nitrogen and oxygen atoms in total. The van der Waals surface area contributed by atoms with Crippen molar-refractivity contribution in [2.45, 2.75) is 32.2 Å². The number of carbonyl (C=O) groups excluding carboxylic acids is 1. The zero-order valence-electron chi connectivity index (χ0n) is 15.9. The van der Waals surface area contributed by atoms with E-state index in [0.717, 1.165) is 12.1 Å². The second kappa shape index (κ2) is 9.25. The zero-order chi connectivity index (χ0) is 21.7. The maximum atomic E-state index is 12.9. The number of halogens is 4. The highest BCUT2D eigenvalue weighted by Gasteiger charge is 2.30. The van der Waals surface area contributed by atoms with Gasteiger partial charge in [-0.3, -0.25) is 4.79 Å². The highest BCUT2D eigenvalue weighted by atomic mass is 32.1. The third-order valence-electron chi connectivity index (χ3n) is 4.21. The quantitative estimate of drug-likeness (QED) is 0.510. The van der Waals surface area contributed by atoms with Gasteiger partial charge in [0.15, 0.2) is 0 Å². The molecule has 158 valence electrons. The van der Waals surface area contributed by atoms with E-state index in [9.17, 15) is 22.4 Å². The fourth-order valence-corrected chi connectivity index (χ4v) is 3.40. The van der Waals surface area contributed by atoms with Crippen molar-refractivity contribution in [3.8, 4) is 5.75 Å². The monoisotopic (exact) mass is 438 g/mol. The van der Waals surface area contributed by atoms with Gasteiger partial charge < -0.3 is 10.1 Å². The summed E-state index contributed by atoms with van der Waals surface area (Å²) in [5.74, 6) is -0.207. The minimum absolute atomic E-state index is 0.00362. The largest absolute Gasteiger partial charge is 0.486 e. The Morgan fingerprint density at radius 1 is 1.20 bits per heavy atom. The van der Waals surface area contributed by atoms with E-state index in [1.54, 1.807) is 12.3 Å². The summed E-state index contributed by atoms with van der Waals surface area (Å²) in [6.45, 7) is 1.80. The van der Waals surface area contributed by atoms with Crippen LogP contribution in [0.2, 0.25) is 0 Å². The normalized spacial score (nSPS) is 12.4. The van der Waals surface area contributed by atoms with Gasteiger partial charge in [0.2, 0.25) is 5.91 Å². The number of nitrogens with one attached hydrogen (secondary N) is 1. The van der Waals surface area contributed by atoms with Gasteiger partial charge in [-0.25, -0.2) is 9.37 Å². The molecule has 3 rings (SSSR count). The molecule has 3 aromatic rings. The molecule has 2 aromatic carbocycles. The van der Waals surface area contributed by atoms with Gasteiger partial charge in [0.25, 0.3) is 0 Å². The van der Waals surface area contributed by atoms with E-state index in [1.165, 1.54) is 47.7 Å². The van der Waals surface area contributed by atoms with Gasteiger partial charge in [0, 0.05) is 5.38 Å². The van der Waals surface area contributed by atoms with Gasteiger partial charge in [-0.1, -0.05) is 12.1 Å². The second-order valence-corrected chi connectivity index (χ2v) is 7.51. The Balaban J connectivity index is 1.53. The SMILES string of the molecule is CC(NC(=O)Cc1csc(COc2ccc(F)cc2)n1)c1cccc(C(F)(F)F)c1. The molecule has 0 spiro atoms. The fraction of sp³-hybridized carbons (Fsp3) is 0.238. The lowest BCUT2D eigenvalue weighted by Crippen LogP contribution is -2.28. The number of nitrogens with zero attached hydrogens (tertiary/aromatic N) is 1. The number of rotatable bonds is 7. The number of aromatic nitrogens is 1. The summed E-state index contributed by atoms with van der Waals surface area (Å²) in [6.07, 6.45) is -4.44. The molecule has 1 heterocycles. The van der Waals surface area contributed by atoms with Crippen LogP contribution in [-0.4, -0.2) is 10.9 Å². The molecule has 0 fully saturated rings. The average Bonchev–Trinajstić information content (AvgIpc) is 3.14. The Bertz CT molecular complexity index is 1000. The zero-order valence-corrected chi connectivity index (χ0v) is 16.7. The van der Waals surface area contributed by atoms with Crippen LogP contribution < -0.4 is 10.1 Å². The summed E-state index contributed by atoms with van der Waals surface area (Å²) in [5.41, 5.74) is 0.141. The smallest absolute Gasteiger partial charge is 0.416 e. The summed E-state index contributed by atoms with van der Waals surface area (Å²) < 4.78 is 57.0. The number of carbonyl (C=O) groups is 1. The Morgan fingerprint density at radius 2 is 1.93 bits per heavy atom. The summed E-state index contributed by atoms with van der Waals surface area (Å²) >= 11 is 1.32. The van der Waals surface area contributed by atoms with Gasteiger partial charge in [-0.2, -0.15) is 13.2 Å². The molecular formula is C21H18F4N2O2S. The molecule has 1 atom stereocenters. The second-order valence-electron chi connectivity index (χ2n) is 6.56. The predicted octanol–water partition coefficient (Wildman–Crippen LogP) is 5.30. The van der Waals surface area contributed by atoms with Gasteiger partial charge in [0.1, 0.15) is 23.2 Å². The van der Waals surface area contributed by atoms with E-state index in [-0.39, 0.29) is 24.8 Å². The minimum Gasteiger partial charge on any atom is -0.486 e. The molecule has 1 unspecified atom stereocenters. The topological polar surface area (TPSA) is 51.2 Å². The lowest BCUT2D eigenvalue weighted by molar-refractivity contribution is -0.137. The van der Waals surface area contributed by atoms with Crippen molar-refractivity contribution >= 4 is 17.2 Å². The first-order valence-electron chi connectivity index (χ1n) is 8.99. The van der Waals surface area contributed by atoms with Crippen LogP contribution in [0.5, 0.6) is 5.75 Å². The summed E-state index contributed by atoms with van der Waals surface area (Å²) in [4.78, 5) is 16.6. The lowest BCUT2D eigenvalue weighted by Gasteiger charge is -2.16. The van der Waals surface area contributed by atoms with Crippen LogP contribution in [0.1, 0.15) is 34.8 Å². The summed E-state index contributed by atoms with van der Waals surface area (Å²) in [7, 11) is 0. The molecule has 9 heteroatoms. The molecule has 0 aliphatic carbocycles. The van der Waals surface area contributed by atoms with Crippen molar-refractivity contribution in [1.82, 2.24) is 10.3 Å². The van der Waals surface area contributed by atoms with Crippen molar-refractivity contribution in [3.63, 3.8) is 0 Å². The number of benzene rings is 2. The Kier molecular flexibility index (Phi) is 6.71. The number of thiazole rings is 1. The van der Waals surface area contributed by atoms with E-state index in [4.69, 9.17) is 4.74 Å². The highest BCUT2D eigenvalue weighted by Crippen LogP contribution is 2.30. The maximum Gasteiger partial charge on any atom is 0.416 e. The van der Waals surface area contributed by atoms with Crippen LogP contribution in [0.3, 0.4) is 0 Å². The third-order valence-corrected chi connectivity index (χ3v) is 5.08. The molecule has 0 aliphatic heterocycles. The van der Waals surface area contributed by atoms with Crippen molar-refractivity contribution in [2.24, 2.45) is 0 Å².